The maximum Gasteiger partial charge on any atom is 0.228 e. The fourth-order valence-corrected chi connectivity index (χ4v) is 3.49. The minimum absolute atomic E-state index is 0.0119. The maximum absolute atomic E-state index is 11.7. The van der Waals surface area contributed by atoms with Gasteiger partial charge in [-0.2, -0.15) is 0 Å². The number of piperidine rings is 1. The second-order valence-corrected chi connectivity index (χ2v) is 7.42. The van der Waals surface area contributed by atoms with Crippen molar-refractivity contribution in [2.75, 3.05) is 33.8 Å². The molecule has 1 aromatic heterocycles. The van der Waals surface area contributed by atoms with E-state index in [-0.39, 0.29) is 17.9 Å². The van der Waals surface area contributed by atoms with Crippen molar-refractivity contribution >= 4 is 17.2 Å². The molecule has 0 saturated carbocycles. The van der Waals surface area contributed by atoms with Gasteiger partial charge < -0.3 is 10.0 Å². The van der Waals surface area contributed by atoms with Crippen LogP contribution in [0, 0.1) is 5.41 Å². The molecule has 2 heterocycles. The first kappa shape index (κ1) is 16.4. The van der Waals surface area contributed by atoms with Gasteiger partial charge in [-0.15, -0.1) is 11.3 Å². The number of likely N-dealkylation sites (N-methyl/N-ethyl adjacent to an activating group) is 1. The highest BCUT2D eigenvalue weighted by atomic mass is 32.1. The number of aliphatic hydroxyl groups is 1. The quantitative estimate of drug-likeness (QED) is 0.892. The summed E-state index contributed by atoms with van der Waals surface area (Å²) in [7, 11) is 3.53. The van der Waals surface area contributed by atoms with E-state index in [9.17, 15) is 9.90 Å². The van der Waals surface area contributed by atoms with Gasteiger partial charge in [-0.3, -0.25) is 9.69 Å². The van der Waals surface area contributed by atoms with E-state index in [1.807, 2.05) is 5.38 Å². The molecule has 118 valence electrons. The monoisotopic (exact) mass is 311 g/mol. The Bertz CT molecular complexity index is 489. The summed E-state index contributed by atoms with van der Waals surface area (Å²) in [6.07, 6.45) is 2.58. The zero-order valence-electron chi connectivity index (χ0n) is 13.1. The van der Waals surface area contributed by atoms with Crippen LogP contribution in [0.4, 0.5) is 0 Å². The molecule has 1 fully saturated rings. The number of carbonyl (C=O) groups is 1. The molecule has 0 aliphatic carbocycles. The van der Waals surface area contributed by atoms with Gasteiger partial charge in [-0.1, -0.05) is 6.92 Å². The van der Waals surface area contributed by atoms with E-state index in [1.54, 1.807) is 30.3 Å². The topological polar surface area (TPSA) is 56.7 Å². The lowest BCUT2D eigenvalue weighted by Gasteiger charge is -2.39. The zero-order valence-corrected chi connectivity index (χ0v) is 13.9. The van der Waals surface area contributed by atoms with E-state index in [0.717, 1.165) is 43.2 Å². The Morgan fingerprint density at radius 2 is 2.33 bits per heavy atom. The van der Waals surface area contributed by atoms with Crippen molar-refractivity contribution in [1.29, 1.82) is 0 Å². The third-order valence-electron chi connectivity index (χ3n) is 4.03. The number of aromatic nitrogens is 1. The molecule has 1 aromatic rings. The third-order valence-corrected chi connectivity index (χ3v) is 4.93. The van der Waals surface area contributed by atoms with E-state index in [0.29, 0.717) is 6.42 Å². The number of hydrogen-bond donors (Lipinski definition) is 1. The third kappa shape index (κ3) is 4.49. The fourth-order valence-electron chi connectivity index (χ4n) is 2.71. The van der Waals surface area contributed by atoms with Crippen LogP contribution in [0.25, 0.3) is 0 Å². The Hall–Kier alpha value is -0.980. The Kier molecular flexibility index (Phi) is 5.35. The summed E-state index contributed by atoms with van der Waals surface area (Å²) >= 11 is 1.55. The lowest BCUT2D eigenvalue weighted by atomic mass is 9.83. The lowest BCUT2D eigenvalue weighted by Crippen LogP contribution is -2.43. The van der Waals surface area contributed by atoms with Gasteiger partial charge in [0.25, 0.3) is 0 Å². The Morgan fingerprint density at radius 1 is 1.57 bits per heavy atom. The second-order valence-electron chi connectivity index (χ2n) is 6.48. The summed E-state index contributed by atoms with van der Waals surface area (Å²) in [5.74, 6) is 0.0849. The van der Waals surface area contributed by atoms with E-state index < -0.39 is 0 Å². The minimum Gasteiger partial charge on any atom is -0.396 e. The molecule has 0 spiro atoms. The first-order valence-electron chi connectivity index (χ1n) is 7.38. The number of rotatable bonds is 5. The molecule has 0 aromatic carbocycles. The van der Waals surface area contributed by atoms with Gasteiger partial charge in [0.05, 0.1) is 12.1 Å². The summed E-state index contributed by atoms with van der Waals surface area (Å²) in [6.45, 7) is 5.15. The van der Waals surface area contributed by atoms with E-state index >= 15 is 0 Å². The van der Waals surface area contributed by atoms with Gasteiger partial charge in [0.15, 0.2) is 0 Å². The number of nitrogens with zero attached hydrogens (tertiary/aromatic N) is 3. The average Bonchev–Trinajstić information content (AvgIpc) is 2.86. The minimum atomic E-state index is 0.0119. The molecule has 1 aliphatic heterocycles. The number of carbonyl (C=O) groups excluding carboxylic acids is 1. The molecule has 1 amide bonds. The van der Waals surface area contributed by atoms with Crippen LogP contribution in [0.15, 0.2) is 5.38 Å². The Morgan fingerprint density at radius 3 is 3.00 bits per heavy atom. The van der Waals surface area contributed by atoms with Gasteiger partial charge in [-0.25, -0.2) is 4.98 Å². The van der Waals surface area contributed by atoms with Crippen molar-refractivity contribution in [2.24, 2.45) is 5.41 Å². The van der Waals surface area contributed by atoms with Gasteiger partial charge in [0, 0.05) is 44.6 Å². The predicted molar refractivity (Wildman–Crippen MR) is 84.2 cm³/mol. The molecule has 6 heteroatoms. The van der Waals surface area contributed by atoms with Gasteiger partial charge >= 0.3 is 0 Å². The van der Waals surface area contributed by atoms with Crippen LogP contribution in [0.1, 0.15) is 30.5 Å². The average molecular weight is 311 g/mol. The molecule has 1 aliphatic rings. The molecule has 21 heavy (non-hydrogen) atoms. The van der Waals surface area contributed by atoms with E-state index in [1.165, 1.54) is 0 Å². The molecule has 2 rings (SSSR count). The maximum atomic E-state index is 11.7. The first-order valence-corrected chi connectivity index (χ1v) is 8.26. The lowest BCUT2D eigenvalue weighted by molar-refractivity contribution is -0.127. The normalized spacial score (nSPS) is 23.2. The van der Waals surface area contributed by atoms with Crippen LogP contribution >= 0.6 is 11.3 Å². The van der Waals surface area contributed by atoms with Crippen molar-refractivity contribution in [2.45, 2.75) is 32.7 Å². The van der Waals surface area contributed by atoms with Gasteiger partial charge in [0.2, 0.25) is 5.91 Å². The van der Waals surface area contributed by atoms with Gasteiger partial charge in [-0.05, 0) is 19.4 Å². The SMILES string of the molecule is CN(C)C(=O)Cc1nc(CN2CCCC(C)(CO)C2)cs1. The number of amides is 1. The number of thiazole rings is 1. The van der Waals surface area contributed by atoms with Crippen molar-refractivity contribution < 1.29 is 9.90 Å². The van der Waals surface area contributed by atoms with Crippen LogP contribution in [-0.4, -0.2) is 59.6 Å². The Balaban J connectivity index is 1.92. The van der Waals surface area contributed by atoms with Crippen molar-refractivity contribution in [3.63, 3.8) is 0 Å². The van der Waals surface area contributed by atoms with Crippen LogP contribution in [0.2, 0.25) is 0 Å². The molecule has 1 N–H and O–H groups in total. The molecule has 0 bridgehead atoms. The summed E-state index contributed by atoms with van der Waals surface area (Å²) in [6, 6.07) is 0. The van der Waals surface area contributed by atoms with Crippen LogP contribution in [0.3, 0.4) is 0 Å². The second kappa shape index (κ2) is 6.85. The van der Waals surface area contributed by atoms with Crippen LogP contribution < -0.4 is 0 Å². The standard InChI is InChI=1S/C15H25N3O2S/c1-15(11-19)5-4-6-18(10-15)8-12-9-21-13(16-12)7-14(20)17(2)3/h9,19H,4-8,10-11H2,1-3H3. The van der Waals surface area contributed by atoms with Crippen molar-refractivity contribution in [1.82, 2.24) is 14.8 Å². The molecule has 0 radical (unpaired) electrons. The summed E-state index contributed by atoms with van der Waals surface area (Å²) in [5.41, 5.74) is 1.04. The fraction of sp³-hybridized carbons (Fsp3) is 0.733. The summed E-state index contributed by atoms with van der Waals surface area (Å²) < 4.78 is 0. The Labute approximate surface area is 130 Å². The highest BCUT2D eigenvalue weighted by molar-refractivity contribution is 7.09. The van der Waals surface area contributed by atoms with E-state index in [4.69, 9.17) is 0 Å². The molecule has 1 unspecified atom stereocenters. The van der Waals surface area contributed by atoms with E-state index in [2.05, 4.69) is 16.8 Å². The summed E-state index contributed by atoms with van der Waals surface area (Å²) in [4.78, 5) is 20.2. The largest absolute Gasteiger partial charge is 0.396 e. The molecule has 1 saturated heterocycles. The number of hydrogen-bond acceptors (Lipinski definition) is 5. The highest BCUT2D eigenvalue weighted by Gasteiger charge is 2.30. The highest BCUT2D eigenvalue weighted by Crippen LogP contribution is 2.29. The molecular weight excluding hydrogens is 286 g/mol. The van der Waals surface area contributed by atoms with Crippen molar-refractivity contribution in [3.05, 3.63) is 16.1 Å². The molecule has 1 atom stereocenters. The zero-order chi connectivity index (χ0) is 15.5. The van der Waals surface area contributed by atoms with Gasteiger partial charge in [0.1, 0.15) is 5.01 Å². The van der Waals surface area contributed by atoms with Crippen LogP contribution in [0.5, 0.6) is 0 Å². The first-order chi connectivity index (χ1) is 9.92. The molecular formula is C15H25N3O2S. The van der Waals surface area contributed by atoms with Crippen molar-refractivity contribution in [3.8, 4) is 0 Å². The molecule has 5 nitrogen and oxygen atoms in total. The number of aliphatic hydroxyl groups excluding tert-OH is 1. The van der Waals surface area contributed by atoms with Crippen LogP contribution in [-0.2, 0) is 17.8 Å². The smallest absolute Gasteiger partial charge is 0.228 e. The summed E-state index contributed by atoms with van der Waals surface area (Å²) in [5, 5.41) is 12.4. The number of likely N-dealkylation sites (tertiary alicyclic amines) is 1. The predicted octanol–water partition coefficient (Wildman–Crippen LogP) is 1.37.